The van der Waals surface area contributed by atoms with Crippen LogP contribution >= 0.6 is 15.9 Å². The molecule has 2 atom stereocenters. The maximum atomic E-state index is 6.05. The van der Waals surface area contributed by atoms with Crippen LogP contribution in [-0.2, 0) is 4.74 Å². The molecule has 6 nitrogen and oxygen atoms in total. The minimum absolute atomic E-state index is 0.164. The average molecular weight is 352 g/mol. The summed E-state index contributed by atoms with van der Waals surface area (Å²) in [6, 6.07) is 4.07. The number of methoxy groups -OCH3 is 1. The van der Waals surface area contributed by atoms with Gasteiger partial charge in [-0.25, -0.2) is 4.68 Å². The maximum absolute atomic E-state index is 6.05. The van der Waals surface area contributed by atoms with Gasteiger partial charge in [0.25, 0.3) is 0 Å². The number of aromatic nitrogens is 4. The molecule has 0 saturated heterocycles. The second kappa shape index (κ2) is 5.73. The van der Waals surface area contributed by atoms with Gasteiger partial charge >= 0.3 is 0 Å². The summed E-state index contributed by atoms with van der Waals surface area (Å²) < 4.78 is 8.37. The Labute approximate surface area is 131 Å². The van der Waals surface area contributed by atoms with Crippen LogP contribution in [0.3, 0.4) is 0 Å². The lowest BCUT2D eigenvalue weighted by molar-refractivity contribution is 0.0708. The summed E-state index contributed by atoms with van der Waals surface area (Å²) in [5, 5.41) is 12.3. The molecule has 3 rings (SSSR count). The minimum Gasteiger partial charge on any atom is -0.398 e. The fourth-order valence-electron chi connectivity index (χ4n) is 2.99. The van der Waals surface area contributed by atoms with Crippen molar-refractivity contribution in [3.63, 3.8) is 0 Å². The molecular formula is C14H18BrN5O. The van der Waals surface area contributed by atoms with Crippen molar-refractivity contribution >= 4 is 21.6 Å². The molecule has 2 N–H and O–H groups in total. The van der Waals surface area contributed by atoms with E-state index in [-0.39, 0.29) is 12.1 Å². The number of benzene rings is 1. The van der Waals surface area contributed by atoms with E-state index in [0.29, 0.717) is 0 Å². The van der Waals surface area contributed by atoms with Crippen LogP contribution < -0.4 is 5.73 Å². The van der Waals surface area contributed by atoms with Gasteiger partial charge in [0.05, 0.1) is 12.1 Å². The van der Waals surface area contributed by atoms with Crippen molar-refractivity contribution in [2.45, 2.75) is 38.3 Å². The van der Waals surface area contributed by atoms with Gasteiger partial charge in [0.1, 0.15) is 0 Å². The third-order valence-electron chi connectivity index (χ3n) is 4.18. The molecule has 21 heavy (non-hydrogen) atoms. The lowest BCUT2D eigenvalue weighted by Gasteiger charge is -2.20. The van der Waals surface area contributed by atoms with E-state index in [0.717, 1.165) is 46.4 Å². The predicted molar refractivity (Wildman–Crippen MR) is 83.8 cm³/mol. The van der Waals surface area contributed by atoms with Crippen molar-refractivity contribution in [2.24, 2.45) is 0 Å². The monoisotopic (exact) mass is 351 g/mol. The second-order valence-electron chi connectivity index (χ2n) is 5.39. The van der Waals surface area contributed by atoms with Gasteiger partial charge in [-0.05, 0) is 54.3 Å². The van der Waals surface area contributed by atoms with E-state index >= 15 is 0 Å². The van der Waals surface area contributed by atoms with E-state index < -0.39 is 0 Å². The first kappa shape index (κ1) is 14.5. The Bertz CT molecular complexity index is 657. The van der Waals surface area contributed by atoms with E-state index in [1.165, 1.54) is 0 Å². The second-order valence-corrected chi connectivity index (χ2v) is 6.30. The molecule has 1 aliphatic rings. The van der Waals surface area contributed by atoms with E-state index in [1.807, 2.05) is 23.7 Å². The normalized spacial score (nSPS) is 21.9. The van der Waals surface area contributed by atoms with Crippen LogP contribution in [0.4, 0.5) is 5.69 Å². The molecule has 1 aliphatic carbocycles. The maximum Gasteiger partial charge on any atom is 0.182 e. The van der Waals surface area contributed by atoms with Gasteiger partial charge < -0.3 is 10.5 Å². The summed E-state index contributed by atoms with van der Waals surface area (Å²) >= 11 is 3.48. The van der Waals surface area contributed by atoms with Crippen LogP contribution in [-0.4, -0.2) is 33.4 Å². The van der Waals surface area contributed by atoms with Crippen LogP contribution in [0.2, 0.25) is 0 Å². The first-order valence-corrected chi connectivity index (χ1v) is 7.77. The summed E-state index contributed by atoms with van der Waals surface area (Å²) in [5.41, 5.74) is 8.72. The van der Waals surface area contributed by atoms with Crippen LogP contribution in [0.15, 0.2) is 16.6 Å². The number of nitrogens with two attached hydrogens (primary N) is 1. The average Bonchev–Trinajstić information content (AvgIpc) is 3.10. The molecule has 0 radical (unpaired) electrons. The number of rotatable bonds is 3. The van der Waals surface area contributed by atoms with Crippen LogP contribution in [0.5, 0.6) is 0 Å². The Morgan fingerprint density at radius 1 is 1.38 bits per heavy atom. The van der Waals surface area contributed by atoms with E-state index in [4.69, 9.17) is 10.5 Å². The molecule has 0 amide bonds. The lowest BCUT2D eigenvalue weighted by atomic mass is 10.1. The number of nitrogen functional groups attached to an aromatic ring is 1. The molecular weight excluding hydrogens is 334 g/mol. The first-order chi connectivity index (χ1) is 10.1. The predicted octanol–water partition coefficient (Wildman–Crippen LogP) is 2.73. The van der Waals surface area contributed by atoms with E-state index in [2.05, 4.69) is 31.5 Å². The molecule has 0 aliphatic heterocycles. The lowest BCUT2D eigenvalue weighted by Crippen LogP contribution is -2.22. The van der Waals surface area contributed by atoms with Crippen LogP contribution in [0, 0.1) is 6.92 Å². The summed E-state index contributed by atoms with van der Waals surface area (Å²) in [6.45, 7) is 1.98. The molecule has 2 unspecified atom stereocenters. The quantitative estimate of drug-likeness (QED) is 0.860. The number of hydrogen-bond acceptors (Lipinski definition) is 5. The topological polar surface area (TPSA) is 78.8 Å². The van der Waals surface area contributed by atoms with Gasteiger partial charge in [0, 0.05) is 22.8 Å². The van der Waals surface area contributed by atoms with Crippen molar-refractivity contribution in [3.8, 4) is 11.4 Å². The van der Waals surface area contributed by atoms with Crippen molar-refractivity contribution in [3.05, 3.63) is 22.2 Å². The van der Waals surface area contributed by atoms with Crippen molar-refractivity contribution in [2.75, 3.05) is 12.8 Å². The van der Waals surface area contributed by atoms with Crippen LogP contribution in [0.1, 0.15) is 30.9 Å². The Morgan fingerprint density at radius 2 is 2.19 bits per heavy atom. The van der Waals surface area contributed by atoms with Gasteiger partial charge in [-0.3, -0.25) is 0 Å². The molecule has 1 aromatic heterocycles. The standard InChI is InChI=1S/C14H18BrN5O/c1-8-10(6-9(15)7-11(8)16)14-17-18-19-20(14)12-4-3-5-13(12)21-2/h6-7,12-13H,3-5,16H2,1-2H3. The highest BCUT2D eigenvalue weighted by atomic mass is 79.9. The Morgan fingerprint density at radius 3 is 2.95 bits per heavy atom. The molecule has 0 spiro atoms. The van der Waals surface area contributed by atoms with Gasteiger partial charge in [-0.2, -0.15) is 0 Å². The smallest absolute Gasteiger partial charge is 0.182 e. The highest BCUT2D eigenvalue weighted by molar-refractivity contribution is 9.10. The molecule has 2 aromatic rings. The van der Waals surface area contributed by atoms with E-state index in [9.17, 15) is 0 Å². The number of tetrazole rings is 1. The fraction of sp³-hybridized carbons (Fsp3) is 0.500. The SMILES string of the molecule is COC1CCCC1n1nnnc1-c1cc(Br)cc(N)c1C. The number of nitrogens with zero attached hydrogens (tertiary/aromatic N) is 4. The van der Waals surface area contributed by atoms with Crippen molar-refractivity contribution in [1.29, 1.82) is 0 Å². The first-order valence-electron chi connectivity index (χ1n) is 6.98. The zero-order valence-corrected chi connectivity index (χ0v) is 13.7. The molecule has 7 heteroatoms. The Balaban J connectivity index is 2.07. The summed E-state index contributed by atoms with van der Waals surface area (Å²) in [7, 11) is 1.75. The third-order valence-corrected chi connectivity index (χ3v) is 4.64. The molecule has 1 heterocycles. The Hall–Kier alpha value is -1.47. The minimum atomic E-state index is 0.164. The number of hydrogen-bond donors (Lipinski definition) is 1. The van der Waals surface area contributed by atoms with E-state index in [1.54, 1.807) is 7.11 Å². The van der Waals surface area contributed by atoms with Gasteiger partial charge in [0.15, 0.2) is 5.82 Å². The largest absolute Gasteiger partial charge is 0.398 e. The third kappa shape index (κ3) is 2.55. The molecule has 1 fully saturated rings. The van der Waals surface area contributed by atoms with Gasteiger partial charge in [-0.1, -0.05) is 15.9 Å². The van der Waals surface area contributed by atoms with Crippen LogP contribution in [0.25, 0.3) is 11.4 Å². The fourth-order valence-corrected chi connectivity index (χ4v) is 3.46. The Kier molecular flexibility index (Phi) is 3.95. The molecule has 0 bridgehead atoms. The molecule has 1 saturated carbocycles. The molecule has 1 aromatic carbocycles. The zero-order valence-electron chi connectivity index (χ0n) is 12.1. The van der Waals surface area contributed by atoms with Gasteiger partial charge in [0.2, 0.25) is 0 Å². The highest BCUT2D eigenvalue weighted by Crippen LogP contribution is 2.36. The number of ether oxygens (including phenoxy) is 1. The van der Waals surface area contributed by atoms with Crippen molar-refractivity contribution in [1.82, 2.24) is 20.2 Å². The zero-order chi connectivity index (χ0) is 15.0. The van der Waals surface area contributed by atoms with Gasteiger partial charge in [-0.15, -0.1) is 5.10 Å². The summed E-state index contributed by atoms with van der Waals surface area (Å²) in [4.78, 5) is 0. The summed E-state index contributed by atoms with van der Waals surface area (Å²) in [6.07, 6.45) is 3.36. The summed E-state index contributed by atoms with van der Waals surface area (Å²) in [5.74, 6) is 0.745. The number of halogens is 1. The van der Waals surface area contributed by atoms with Crippen molar-refractivity contribution < 1.29 is 4.74 Å². The molecule has 112 valence electrons. The highest BCUT2D eigenvalue weighted by Gasteiger charge is 2.32. The number of anilines is 1.